The molecule has 1 unspecified atom stereocenters. The molecule has 1 heterocycles. The fourth-order valence-electron chi connectivity index (χ4n) is 3.36. The van der Waals surface area contributed by atoms with Gasteiger partial charge in [-0.25, -0.2) is 17.5 Å². The summed E-state index contributed by atoms with van der Waals surface area (Å²) < 4.78 is 37.1. The first kappa shape index (κ1) is 27.7. The number of sulfonamides is 1. The van der Waals surface area contributed by atoms with Crippen molar-refractivity contribution in [1.82, 2.24) is 9.21 Å². The van der Waals surface area contributed by atoms with E-state index in [1.54, 1.807) is 11.8 Å². The second-order valence-corrected chi connectivity index (χ2v) is 9.73. The Morgan fingerprint density at radius 2 is 1.59 bits per heavy atom. The number of fused-ring (bicyclic) bond motifs is 2. The molecule has 0 aliphatic heterocycles. The number of rotatable bonds is 9. The molecule has 0 aliphatic carbocycles. The SMILES string of the molecule is CC(OC(=O)c1ccc2oc3ccc(S(=O)(=O)N(C)C)cc3c(=O)c2c1)N(CCO)CCO.Cl. The largest absolute Gasteiger partial charge is 0.456 e. The molecule has 2 N–H and O–H groups in total. The molecule has 12 heteroatoms. The molecule has 34 heavy (non-hydrogen) atoms. The molecule has 0 fully saturated rings. The van der Waals surface area contributed by atoms with Crippen LogP contribution in [0.4, 0.5) is 0 Å². The number of nitrogens with zero attached hydrogens (tertiary/aromatic N) is 2. The number of halogens is 1. The van der Waals surface area contributed by atoms with Crippen molar-refractivity contribution < 1.29 is 32.6 Å². The van der Waals surface area contributed by atoms with E-state index in [0.29, 0.717) is 0 Å². The molecule has 0 bridgehead atoms. The first-order chi connectivity index (χ1) is 15.6. The molecule has 1 atom stereocenters. The van der Waals surface area contributed by atoms with Crippen molar-refractivity contribution >= 4 is 50.3 Å². The zero-order chi connectivity index (χ0) is 24.3. The third-order valence-electron chi connectivity index (χ3n) is 5.22. The van der Waals surface area contributed by atoms with E-state index < -0.39 is 27.6 Å². The van der Waals surface area contributed by atoms with E-state index in [-0.39, 0.29) is 71.1 Å². The highest BCUT2D eigenvalue weighted by atomic mass is 35.5. The van der Waals surface area contributed by atoms with Gasteiger partial charge in [-0.15, -0.1) is 12.4 Å². The summed E-state index contributed by atoms with van der Waals surface area (Å²) in [5.41, 5.74) is 0.0817. The number of aliphatic hydroxyl groups excluding tert-OH is 2. The molecule has 1 aromatic heterocycles. The van der Waals surface area contributed by atoms with Crippen LogP contribution in [0.2, 0.25) is 0 Å². The Kier molecular flexibility index (Phi) is 9.17. The molecule has 0 saturated carbocycles. The first-order valence-electron chi connectivity index (χ1n) is 10.2. The van der Waals surface area contributed by atoms with Crippen LogP contribution in [0.25, 0.3) is 21.9 Å². The van der Waals surface area contributed by atoms with Gasteiger partial charge in [0.2, 0.25) is 15.5 Å². The number of carbonyl (C=O) groups is 1. The van der Waals surface area contributed by atoms with Gasteiger partial charge in [0.05, 0.1) is 34.4 Å². The van der Waals surface area contributed by atoms with Gasteiger partial charge >= 0.3 is 5.97 Å². The lowest BCUT2D eigenvalue weighted by atomic mass is 10.1. The van der Waals surface area contributed by atoms with Crippen molar-refractivity contribution in [2.75, 3.05) is 40.4 Å². The molecule has 186 valence electrons. The fourth-order valence-corrected chi connectivity index (χ4v) is 4.29. The van der Waals surface area contributed by atoms with Gasteiger partial charge in [-0.3, -0.25) is 9.69 Å². The van der Waals surface area contributed by atoms with Crippen LogP contribution in [0.15, 0.2) is 50.5 Å². The molecule has 0 spiro atoms. The highest BCUT2D eigenvalue weighted by Crippen LogP contribution is 2.24. The van der Waals surface area contributed by atoms with E-state index in [0.717, 1.165) is 4.31 Å². The van der Waals surface area contributed by atoms with Gasteiger partial charge in [0.1, 0.15) is 11.2 Å². The van der Waals surface area contributed by atoms with Crippen molar-refractivity contribution in [3.63, 3.8) is 0 Å². The van der Waals surface area contributed by atoms with E-state index in [4.69, 9.17) is 19.4 Å². The smallest absolute Gasteiger partial charge is 0.339 e. The summed E-state index contributed by atoms with van der Waals surface area (Å²) in [5.74, 6) is -0.700. The van der Waals surface area contributed by atoms with Gasteiger partial charge in [-0.05, 0) is 43.3 Å². The molecule has 0 amide bonds. The quantitative estimate of drug-likeness (QED) is 0.246. The van der Waals surface area contributed by atoms with Crippen LogP contribution >= 0.6 is 12.4 Å². The number of carbonyl (C=O) groups excluding carboxylic acids is 1. The fraction of sp³-hybridized carbons (Fsp3) is 0.364. The lowest BCUT2D eigenvalue weighted by Crippen LogP contribution is -2.40. The third kappa shape index (κ3) is 5.57. The summed E-state index contributed by atoms with van der Waals surface area (Å²) in [6, 6.07) is 8.31. The maximum absolute atomic E-state index is 13.1. The van der Waals surface area contributed by atoms with Crippen LogP contribution in [-0.4, -0.2) is 80.4 Å². The standard InChI is InChI=1S/C22H26N2O8S.ClH/c1-14(24(8-10-25)9-11-26)31-22(28)15-4-6-19-17(12-15)21(27)18-13-16(5-7-20(18)32-19)33(29,30)23(2)3;/h4-7,12-14,25-26H,8-11H2,1-3H3;1H. The van der Waals surface area contributed by atoms with E-state index in [2.05, 4.69) is 0 Å². The van der Waals surface area contributed by atoms with E-state index in [1.807, 2.05) is 0 Å². The Bertz CT molecular complexity index is 1330. The Balaban J connectivity index is 0.00000408. The number of ether oxygens (including phenoxy) is 1. The van der Waals surface area contributed by atoms with Crippen LogP contribution in [0.3, 0.4) is 0 Å². The van der Waals surface area contributed by atoms with Gasteiger partial charge in [0.25, 0.3) is 0 Å². The van der Waals surface area contributed by atoms with Gasteiger partial charge in [-0.2, -0.15) is 0 Å². The number of esters is 1. The average Bonchev–Trinajstić information content (AvgIpc) is 2.78. The van der Waals surface area contributed by atoms with Crippen molar-refractivity contribution in [3.8, 4) is 0 Å². The van der Waals surface area contributed by atoms with Crippen molar-refractivity contribution in [3.05, 3.63) is 52.2 Å². The molecule has 3 aromatic rings. The minimum absolute atomic E-state index is 0. The zero-order valence-corrected chi connectivity index (χ0v) is 20.6. The number of benzene rings is 2. The number of aliphatic hydroxyl groups is 2. The number of hydrogen-bond donors (Lipinski definition) is 2. The van der Waals surface area contributed by atoms with Crippen molar-refractivity contribution in [1.29, 1.82) is 0 Å². The third-order valence-corrected chi connectivity index (χ3v) is 7.03. The molecule has 0 saturated heterocycles. The van der Waals surface area contributed by atoms with Crippen LogP contribution < -0.4 is 5.43 Å². The Labute approximate surface area is 202 Å². The minimum atomic E-state index is -3.75. The molecular weight excluding hydrogens is 488 g/mol. The molecule has 10 nitrogen and oxygen atoms in total. The van der Waals surface area contributed by atoms with Crippen molar-refractivity contribution in [2.45, 2.75) is 18.0 Å². The van der Waals surface area contributed by atoms with Gasteiger partial charge < -0.3 is 19.4 Å². The second-order valence-electron chi connectivity index (χ2n) is 7.58. The van der Waals surface area contributed by atoms with Crippen LogP contribution in [-0.2, 0) is 14.8 Å². The summed E-state index contributed by atoms with van der Waals surface area (Å²) in [6.45, 7) is 1.69. The summed E-state index contributed by atoms with van der Waals surface area (Å²) in [4.78, 5) is 27.3. The molecule has 0 radical (unpaired) electrons. The lowest BCUT2D eigenvalue weighted by molar-refractivity contribution is -0.0331. The van der Waals surface area contributed by atoms with E-state index in [9.17, 15) is 18.0 Å². The monoisotopic (exact) mass is 514 g/mol. The Hall–Kier alpha value is -2.54. The van der Waals surface area contributed by atoms with Gasteiger partial charge in [0, 0.05) is 27.2 Å². The molecule has 2 aromatic carbocycles. The second kappa shape index (κ2) is 11.3. The molecular formula is C22H27ClN2O8S. The highest BCUT2D eigenvalue weighted by Gasteiger charge is 2.21. The zero-order valence-electron chi connectivity index (χ0n) is 18.9. The van der Waals surface area contributed by atoms with Crippen LogP contribution in [0, 0.1) is 0 Å². The predicted molar refractivity (Wildman–Crippen MR) is 129 cm³/mol. The van der Waals surface area contributed by atoms with Gasteiger partial charge in [0.15, 0.2) is 6.23 Å². The van der Waals surface area contributed by atoms with Crippen molar-refractivity contribution in [2.24, 2.45) is 0 Å². The maximum atomic E-state index is 13.1. The van der Waals surface area contributed by atoms with E-state index in [1.165, 1.54) is 50.5 Å². The minimum Gasteiger partial charge on any atom is -0.456 e. The highest BCUT2D eigenvalue weighted by molar-refractivity contribution is 7.89. The Morgan fingerprint density at radius 3 is 2.15 bits per heavy atom. The lowest BCUT2D eigenvalue weighted by Gasteiger charge is -2.27. The van der Waals surface area contributed by atoms with Crippen LogP contribution in [0.1, 0.15) is 17.3 Å². The molecule has 0 aliphatic rings. The van der Waals surface area contributed by atoms with Gasteiger partial charge in [-0.1, -0.05) is 0 Å². The summed E-state index contributed by atoms with van der Waals surface area (Å²) in [7, 11) is -0.968. The Morgan fingerprint density at radius 1 is 1.03 bits per heavy atom. The summed E-state index contributed by atoms with van der Waals surface area (Å²) in [5, 5.41) is 18.5. The number of hydrogen-bond acceptors (Lipinski definition) is 9. The van der Waals surface area contributed by atoms with E-state index >= 15 is 0 Å². The topological polar surface area (TPSA) is 138 Å². The normalized spacial score (nSPS) is 12.8. The van der Waals surface area contributed by atoms with Crippen LogP contribution in [0.5, 0.6) is 0 Å². The summed E-state index contributed by atoms with van der Waals surface area (Å²) in [6.07, 6.45) is -0.723. The predicted octanol–water partition coefficient (Wildman–Crippen LogP) is 1.41. The first-order valence-corrected chi connectivity index (χ1v) is 11.6. The summed E-state index contributed by atoms with van der Waals surface area (Å²) >= 11 is 0. The maximum Gasteiger partial charge on any atom is 0.339 e. The average molecular weight is 515 g/mol. The molecule has 3 rings (SSSR count).